The van der Waals surface area contributed by atoms with Gasteiger partial charge < -0.3 is 5.73 Å². The molecule has 0 unspecified atom stereocenters. The van der Waals surface area contributed by atoms with Gasteiger partial charge in [-0.25, -0.2) is 0 Å². The molecule has 3 rings (SSSR count). The number of hydrogen-bond donors (Lipinski definition) is 1. The lowest BCUT2D eigenvalue weighted by molar-refractivity contribution is 0.779. The lowest BCUT2D eigenvalue weighted by atomic mass is 9.96. The maximum atomic E-state index is 6.08. The molecular weight excluding hydrogens is 234 g/mol. The first kappa shape index (κ1) is 11.5. The number of anilines is 1. The Morgan fingerprint density at radius 2 is 1.47 bits per heavy atom. The summed E-state index contributed by atoms with van der Waals surface area (Å²) < 4.78 is 1.69. The zero-order valence-electron chi connectivity index (χ0n) is 10.7. The van der Waals surface area contributed by atoms with Gasteiger partial charge in [-0.1, -0.05) is 54.6 Å². The second-order valence-electron chi connectivity index (χ2n) is 4.48. The van der Waals surface area contributed by atoms with Gasteiger partial charge in [-0.15, -0.1) is 0 Å². The molecule has 0 saturated heterocycles. The fourth-order valence-electron chi connectivity index (χ4n) is 2.24. The van der Waals surface area contributed by atoms with Crippen LogP contribution in [0.2, 0.25) is 0 Å². The Balaban J connectivity index is 2.21. The van der Waals surface area contributed by atoms with Crippen LogP contribution in [0.25, 0.3) is 22.3 Å². The highest BCUT2D eigenvalue weighted by atomic mass is 15.3. The molecule has 0 radical (unpaired) electrons. The summed E-state index contributed by atoms with van der Waals surface area (Å²) in [6.45, 7) is 0. The molecule has 94 valence electrons. The predicted octanol–water partition coefficient (Wildman–Crippen LogP) is 3.34. The largest absolute Gasteiger partial charge is 0.383 e. The third-order valence-electron chi connectivity index (χ3n) is 3.29. The zero-order valence-corrected chi connectivity index (χ0v) is 10.7. The molecule has 3 nitrogen and oxygen atoms in total. The Hall–Kier alpha value is -2.55. The lowest BCUT2D eigenvalue weighted by Crippen LogP contribution is -1.98. The average Bonchev–Trinajstić information content (AvgIpc) is 2.80. The Labute approximate surface area is 112 Å². The van der Waals surface area contributed by atoms with Crippen LogP contribution in [-0.4, -0.2) is 9.78 Å². The molecule has 2 N–H and O–H groups in total. The number of nitrogens with two attached hydrogens (primary N) is 1. The van der Waals surface area contributed by atoms with Gasteiger partial charge in [0.2, 0.25) is 0 Å². The summed E-state index contributed by atoms with van der Waals surface area (Å²) in [6.07, 6.45) is 1.82. The molecule has 3 aromatic rings. The molecule has 1 heterocycles. The van der Waals surface area contributed by atoms with Gasteiger partial charge >= 0.3 is 0 Å². The first-order valence-corrected chi connectivity index (χ1v) is 6.19. The maximum absolute atomic E-state index is 6.08. The van der Waals surface area contributed by atoms with E-state index < -0.39 is 0 Å². The van der Waals surface area contributed by atoms with E-state index in [0.717, 1.165) is 11.1 Å². The van der Waals surface area contributed by atoms with Crippen LogP contribution in [0, 0.1) is 0 Å². The standard InChI is InChI=1S/C16H15N3/c1-19-16(17)15(11-18-19)14-10-6-5-9-13(14)12-7-3-2-4-8-12/h2-11H,17H2,1H3. The quantitative estimate of drug-likeness (QED) is 0.757. The van der Waals surface area contributed by atoms with Crippen molar-refractivity contribution >= 4 is 5.82 Å². The van der Waals surface area contributed by atoms with Crippen molar-refractivity contribution in [3.63, 3.8) is 0 Å². The van der Waals surface area contributed by atoms with Gasteiger partial charge in [0, 0.05) is 12.6 Å². The normalized spacial score (nSPS) is 10.6. The van der Waals surface area contributed by atoms with Crippen molar-refractivity contribution in [2.24, 2.45) is 7.05 Å². The Morgan fingerprint density at radius 3 is 2.11 bits per heavy atom. The van der Waals surface area contributed by atoms with Crippen LogP contribution in [0.4, 0.5) is 5.82 Å². The summed E-state index contributed by atoms with van der Waals surface area (Å²) in [7, 11) is 1.85. The van der Waals surface area contributed by atoms with Gasteiger partial charge in [0.1, 0.15) is 5.82 Å². The van der Waals surface area contributed by atoms with Crippen LogP contribution >= 0.6 is 0 Å². The summed E-state index contributed by atoms with van der Waals surface area (Å²) in [5.41, 5.74) is 10.5. The summed E-state index contributed by atoms with van der Waals surface area (Å²) in [4.78, 5) is 0. The number of aryl methyl sites for hydroxylation is 1. The topological polar surface area (TPSA) is 43.8 Å². The first-order valence-electron chi connectivity index (χ1n) is 6.19. The van der Waals surface area contributed by atoms with E-state index in [0.29, 0.717) is 5.82 Å². The predicted molar refractivity (Wildman–Crippen MR) is 78.5 cm³/mol. The summed E-state index contributed by atoms with van der Waals surface area (Å²) in [5.74, 6) is 0.684. The zero-order chi connectivity index (χ0) is 13.2. The molecule has 1 aromatic heterocycles. The van der Waals surface area contributed by atoms with Gasteiger partial charge in [0.25, 0.3) is 0 Å². The fourth-order valence-corrected chi connectivity index (χ4v) is 2.24. The Morgan fingerprint density at radius 1 is 0.842 bits per heavy atom. The third-order valence-corrected chi connectivity index (χ3v) is 3.29. The van der Waals surface area contributed by atoms with Crippen LogP contribution in [0.15, 0.2) is 60.8 Å². The van der Waals surface area contributed by atoms with Crippen LogP contribution in [0.3, 0.4) is 0 Å². The van der Waals surface area contributed by atoms with Crippen molar-refractivity contribution in [2.75, 3.05) is 5.73 Å². The van der Waals surface area contributed by atoms with E-state index >= 15 is 0 Å². The lowest BCUT2D eigenvalue weighted by Gasteiger charge is -2.09. The molecule has 0 saturated carbocycles. The van der Waals surface area contributed by atoms with Crippen molar-refractivity contribution < 1.29 is 0 Å². The SMILES string of the molecule is Cn1ncc(-c2ccccc2-c2ccccc2)c1N. The summed E-state index contributed by atoms with van der Waals surface area (Å²) in [5, 5.41) is 4.22. The smallest absolute Gasteiger partial charge is 0.129 e. The van der Waals surface area contributed by atoms with Gasteiger partial charge in [-0.2, -0.15) is 5.10 Å². The number of aromatic nitrogens is 2. The van der Waals surface area contributed by atoms with Crippen molar-refractivity contribution in [2.45, 2.75) is 0 Å². The van der Waals surface area contributed by atoms with Crippen LogP contribution in [0.1, 0.15) is 0 Å². The molecular formula is C16H15N3. The molecule has 3 heteroatoms. The van der Waals surface area contributed by atoms with Crippen molar-refractivity contribution in [3.05, 3.63) is 60.8 Å². The molecule has 0 aliphatic heterocycles. The summed E-state index contributed by atoms with van der Waals surface area (Å²) in [6, 6.07) is 18.6. The minimum atomic E-state index is 0.684. The van der Waals surface area contributed by atoms with Crippen LogP contribution < -0.4 is 5.73 Å². The van der Waals surface area contributed by atoms with Gasteiger partial charge in [-0.3, -0.25) is 4.68 Å². The van der Waals surface area contributed by atoms with Gasteiger partial charge in [0.05, 0.1) is 6.20 Å². The van der Waals surface area contributed by atoms with E-state index in [4.69, 9.17) is 5.73 Å². The molecule has 0 amide bonds. The van der Waals surface area contributed by atoms with Crippen molar-refractivity contribution in [3.8, 4) is 22.3 Å². The van der Waals surface area contributed by atoms with Crippen LogP contribution in [-0.2, 0) is 7.05 Å². The molecule has 19 heavy (non-hydrogen) atoms. The molecule has 0 fully saturated rings. The molecule has 0 bridgehead atoms. The Bertz CT molecular complexity index is 699. The monoisotopic (exact) mass is 249 g/mol. The molecule has 2 aromatic carbocycles. The molecule has 0 spiro atoms. The number of nitrogens with zero attached hydrogens (tertiary/aromatic N) is 2. The highest BCUT2D eigenvalue weighted by Gasteiger charge is 2.12. The van der Waals surface area contributed by atoms with E-state index in [-0.39, 0.29) is 0 Å². The summed E-state index contributed by atoms with van der Waals surface area (Å²) >= 11 is 0. The highest BCUT2D eigenvalue weighted by Crippen LogP contribution is 2.34. The van der Waals surface area contributed by atoms with E-state index in [2.05, 4.69) is 29.4 Å². The van der Waals surface area contributed by atoms with Gasteiger partial charge in [-0.05, 0) is 16.7 Å². The number of benzene rings is 2. The van der Waals surface area contributed by atoms with E-state index in [1.807, 2.05) is 43.6 Å². The van der Waals surface area contributed by atoms with Crippen molar-refractivity contribution in [1.29, 1.82) is 0 Å². The highest BCUT2D eigenvalue weighted by molar-refractivity contribution is 5.87. The Kier molecular flexibility index (Phi) is 2.80. The second-order valence-corrected chi connectivity index (χ2v) is 4.48. The molecule has 0 aliphatic rings. The second kappa shape index (κ2) is 4.61. The fraction of sp³-hybridized carbons (Fsp3) is 0.0625. The van der Waals surface area contributed by atoms with E-state index in [9.17, 15) is 0 Å². The van der Waals surface area contributed by atoms with E-state index in [1.54, 1.807) is 4.68 Å². The molecule has 0 atom stereocenters. The number of nitrogen functional groups attached to an aromatic ring is 1. The number of rotatable bonds is 2. The van der Waals surface area contributed by atoms with E-state index in [1.165, 1.54) is 11.1 Å². The maximum Gasteiger partial charge on any atom is 0.129 e. The first-order chi connectivity index (χ1) is 9.27. The van der Waals surface area contributed by atoms with Crippen molar-refractivity contribution in [1.82, 2.24) is 9.78 Å². The minimum absolute atomic E-state index is 0.684. The third kappa shape index (κ3) is 1.99. The average molecular weight is 249 g/mol. The van der Waals surface area contributed by atoms with Crippen LogP contribution in [0.5, 0.6) is 0 Å². The minimum Gasteiger partial charge on any atom is -0.383 e. The van der Waals surface area contributed by atoms with Gasteiger partial charge in [0.15, 0.2) is 0 Å². The molecule has 0 aliphatic carbocycles. The number of hydrogen-bond acceptors (Lipinski definition) is 2.